The van der Waals surface area contributed by atoms with E-state index in [2.05, 4.69) is 47.0 Å². The maximum absolute atomic E-state index is 6.43. The van der Waals surface area contributed by atoms with Gasteiger partial charge in [-0.05, 0) is 42.1 Å². The average molecular weight is 355 g/mol. The molecule has 0 spiro atoms. The Morgan fingerprint density at radius 3 is 2.32 bits per heavy atom. The van der Waals surface area contributed by atoms with Crippen molar-refractivity contribution in [3.05, 3.63) is 59.1 Å². The lowest BCUT2D eigenvalue weighted by Gasteiger charge is -2.30. The first-order valence-electron chi connectivity index (χ1n) is 8.26. The molecule has 0 aliphatic carbocycles. The molecule has 0 radical (unpaired) electrons. The molecule has 3 aromatic carbocycles. The summed E-state index contributed by atoms with van der Waals surface area (Å²) in [7, 11) is 1.62. The third-order valence-corrected chi connectivity index (χ3v) is 4.66. The lowest BCUT2D eigenvalue weighted by molar-refractivity contribution is 0.311. The van der Waals surface area contributed by atoms with Crippen LogP contribution >= 0.6 is 11.6 Å². The maximum atomic E-state index is 6.43. The molecule has 0 saturated carbocycles. The summed E-state index contributed by atoms with van der Waals surface area (Å²) < 4.78 is 11.1. The van der Waals surface area contributed by atoms with E-state index in [1.54, 1.807) is 7.11 Å². The van der Waals surface area contributed by atoms with Crippen molar-refractivity contribution in [1.82, 2.24) is 0 Å². The Kier molecular flexibility index (Phi) is 4.06. The van der Waals surface area contributed by atoms with Crippen LogP contribution in [-0.4, -0.2) is 13.7 Å². The first-order chi connectivity index (χ1) is 12.2. The number of halogens is 1. The van der Waals surface area contributed by atoms with Crippen molar-refractivity contribution in [2.75, 3.05) is 24.4 Å². The lowest BCUT2D eigenvalue weighted by Crippen LogP contribution is -2.23. The highest BCUT2D eigenvalue weighted by Gasteiger charge is 2.22. The first-order valence-corrected chi connectivity index (χ1v) is 8.64. The third kappa shape index (κ3) is 2.72. The van der Waals surface area contributed by atoms with E-state index in [-0.39, 0.29) is 6.17 Å². The number of hydrogen-bond acceptors (Lipinski definition) is 4. The van der Waals surface area contributed by atoms with Crippen LogP contribution in [0.4, 0.5) is 11.4 Å². The fourth-order valence-electron chi connectivity index (χ4n) is 3.29. The Hall–Kier alpha value is -2.59. The van der Waals surface area contributed by atoms with Gasteiger partial charge in [0.15, 0.2) is 11.5 Å². The molecule has 0 fully saturated rings. The third-order valence-electron chi connectivity index (χ3n) is 4.38. The van der Waals surface area contributed by atoms with Crippen molar-refractivity contribution in [3.8, 4) is 11.5 Å². The van der Waals surface area contributed by atoms with Crippen molar-refractivity contribution >= 4 is 33.7 Å². The molecule has 2 N–H and O–H groups in total. The standard InChI is InChI=1S/C20H19ClN2O2/c1-3-25-19-14(21)10-13(11-17(19)24-2)20-22-15-8-4-6-12-7-5-9-16(23-20)18(12)15/h4-11,20,22-23H,3H2,1-2H3. The zero-order valence-corrected chi connectivity index (χ0v) is 14.9. The van der Waals surface area contributed by atoms with Crippen molar-refractivity contribution < 1.29 is 9.47 Å². The van der Waals surface area contributed by atoms with Gasteiger partial charge in [0.1, 0.15) is 6.17 Å². The smallest absolute Gasteiger partial charge is 0.179 e. The molecule has 4 rings (SSSR count). The maximum Gasteiger partial charge on any atom is 0.179 e. The van der Waals surface area contributed by atoms with E-state index in [4.69, 9.17) is 21.1 Å². The molecule has 0 amide bonds. The topological polar surface area (TPSA) is 42.5 Å². The molecule has 5 heteroatoms. The molecule has 1 heterocycles. The molecule has 0 saturated heterocycles. The van der Waals surface area contributed by atoms with Gasteiger partial charge in [0, 0.05) is 16.8 Å². The Labute approximate surface area is 151 Å². The minimum atomic E-state index is -0.109. The van der Waals surface area contributed by atoms with Gasteiger partial charge in [-0.1, -0.05) is 35.9 Å². The second-order valence-electron chi connectivity index (χ2n) is 5.90. The molecule has 0 unspecified atom stereocenters. The van der Waals surface area contributed by atoms with Gasteiger partial charge >= 0.3 is 0 Å². The molecule has 25 heavy (non-hydrogen) atoms. The van der Waals surface area contributed by atoms with Crippen LogP contribution in [-0.2, 0) is 0 Å². The van der Waals surface area contributed by atoms with E-state index in [1.165, 1.54) is 10.8 Å². The second kappa shape index (κ2) is 6.37. The van der Waals surface area contributed by atoms with Gasteiger partial charge in [0.25, 0.3) is 0 Å². The van der Waals surface area contributed by atoms with Crippen LogP contribution in [0.3, 0.4) is 0 Å². The summed E-state index contributed by atoms with van der Waals surface area (Å²) in [5.41, 5.74) is 3.18. The zero-order chi connectivity index (χ0) is 17.4. The van der Waals surface area contributed by atoms with Crippen LogP contribution in [0.5, 0.6) is 11.5 Å². The molecular formula is C20H19ClN2O2. The molecule has 3 aromatic rings. The van der Waals surface area contributed by atoms with Crippen LogP contribution in [0, 0.1) is 0 Å². The second-order valence-corrected chi connectivity index (χ2v) is 6.31. The van der Waals surface area contributed by atoms with Crippen molar-refractivity contribution in [2.45, 2.75) is 13.1 Å². The summed E-state index contributed by atoms with van der Waals surface area (Å²) in [6.07, 6.45) is -0.109. The Morgan fingerprint density at radius 1 is 1.04 bits per heavy atom. The fraction of sp³-hybridized carbons (Fsp3) is 0.200. The highest BCUT2D eigenvalue weighted by atomic mass is 35.5. The van der Waals surface area contributed by atoms with Crippen LogP contribution in [0.2, 0.25) is 5.02 Å². The quantitative estimate of drug-likeness (QED) is 0.655. The summed E-state index contributed by atoms with van der Waals surface area (Å²) in [6.45, 7) is 2.45. The normalized spacial score (nSPS) is 13.2. The SMILES string of the molecule is CCOc1c(Cl)cc(C2Nc3cccc4cccc(c34)N2)cc1OC. The number of methoxy groups -OCH3 is 1. The van der Waals surface area contributed by atoms with E-state index in [1.807, 2.05) is 19.1 Å². The van der Waals surface area contributed by atoms with Crippen LogP contribution in [0.25, 0.3) is 10.8 Å². The minimum absolute atomic E-state index is 0.109. The van der Waals surface area contributed by atoms with E-state index in [0.29, 0.717) is 23.1 Å². The predicted molar refractivity (Wildman–Crippen MR) is 103 cm³/mol. The molecule has 0 bridgehead atoms. The summed E-state index contributed by atoms with van der Waals surface area (Å²) >= 11 is 6.43. The largest absolute Gasteiger partial charge is 0.493 e. The van der Waals surface area contributed by atoms with Crippen LogP contribution in [0.1, 0.15) is 18.7 Å². The first kappa shape index (κ1) is 15.9. The van der Waals surface area contributed by atoms with E-state index in [0.717, 1.165) is 16.9 Å². The average Bonchev–Trinajstić information content (AvgIpc) is 2.63. The predicted octanol–water partition coefficient (Wildman–Crippen LogP) is 5.44. The van der Waals surface area contributed by atoms with Gasteiger partial charge in [-0.3, -0.25) is 0 Å². The number of hydrogen-bond donors (Lipinski definition) is 2. The van der Waals surface area contributed by atoms with Crippen LogP contribution in [0.15, 0.2) is 48.5 Å². The highest BCUT2D eigenvalue weighted by molar-refractivity contribution is 6.32. The number of anilines is 2. The van der Waals surface area contributed by atoms with Gasteiger partial charge < -0.3 is 20.1 Å². The Morgan fingerprint density at radius 2 is 1.72 bits per heavy atom. The van der Waals surface area contributed by atoms with E-state index >= 15 is 0 Å². The summed E-state index contributed by atoms with van der Waals surface area (Å²) in [5.74, 6) is 1.21. The molecule has 1 aliphatic rings. The van der Waals surface area contributed by atoms with Crippen molar-refractivity contribution in [1.29, 1.82) is 0 Å². The van der Waals surface area contributed by atoms with E-state index < -0.39 is 0 Å². The van der Waals surface area contributed by atoms with Crippen LogP contribution < -0.4 is 20.1 Å². The highest BCUT2D eigenvalue weighted by Crippen LogP contribution is 2.42. The summed E-state index contributed by atoms with van der Waals surface area (Å²) in [6, 6.07) is 16.4. The van der Waals surface area contributed by atoms with E-state index in [9.17, 15) is 0 Å². The zero-order valence-electron chi connectivity index (χ0n) is 14.1. The fourth-order valence-corrected chi connectivity index (χ4v) is 3.56. The molecular weight excluding hydrogens is 336 g/mol. The molecule has 1 aliphatic heterocycles. The monoisotopic (exact) mass is 354 g/mol. The van der Waals surface area contributed by atoms with Crippen molar-refractivity contribution in [3.63, 3.8) is 0 Å². The number of benzene rings is 3. The summed E-state index contributed by atoms with van der Waals surface area (Å²) in [4.78, 5) is 0. The van der Waals surface area contributed by atoms with Gasteiger partial charge in [0.05, 0.1) is 18.7 Å². The van der Waals surface area contributed by atoms with Gasteiger partial charge in [-0.2, -0.15) is 0 Å². The van der Waals surface area contributed by atoms with Crippen molar-refractivity contribution in [2.24, 2.45) is 0 Å². The Bertz CT molecular complexity index is 902. The number of ether oxygens (including phenoxy) is 2. The molecule has 0 aromatic heterocycles. The molecule has 128 valence electrons. The number of nitrogens with one attached hydrogen (secondary N) is 2. The lowest BCUT2D eigenvalue weighted by atomic mass is 10.0. The van der Waals surface area contributed by atoms with Gasteiger partial charge in [-0.15, -0.1) is 0 Å². The summed E-state index contributed by atoms with van der Waals surface area (Å²) in [5, 5.41) is 10.0. The minimum Gasteiger partial charge on any atom is -0.493 e. The van der Waals surface area contributed by atoms with Gasteiger partial charge in [-0.25, -0.2) is 0 Å². The molecule has 0 atom stereocenters. The number of rotatable bonds is 4. The van der Waals surface area contributed by atoms with Gasteiger partial charge in [0.2, 0.25) is 0 Å². The molecule has 4 nitrogen and oxygen atoms in total. The Balaban J connectivity index is 1.76.